The molecule has 3 heterocycles. The number of hydrogen-bond acceptors (Lipinski definition) is 3. The molecule has 0 radical (unpaired) electrons. The summed E-state index contributed by atoms with van der Waals surface area (Å²) in [5.41, 5.74) is 1.21. The van der Waals surface area contributed by atoms with Gasteiger partial charge in [-0.1, -0.05) is 19.9 Å². The number of hydrogen-bond donors (Lipinski definition) is 1. The number of rotatable bonds is 3. The number of anilines is 1. The molecule has 0 spiro atoms. The molecular weight excluding hydrogens is 310 g/mol. The van der Waals surface area contributed by atoms with Crippen LogP contribution < -0.4 is 10.2 Å². The number of aromatic nitrogens is 1. The molecule has 2 aliphatic heterocycles. The zero-order valence-corrected chi connectivity index (χ0v) is 16.0. The Hall–Kier alpha value is -1.78. The third-order valence-corrected chi connectivity index (χ3v) is 5.54. The van der Waals surface area contributed by atoms with Gasteiger partial charge < -0.3 is 15.1 Å². The minimum Gasteiger partial charge on any atom is -0.357 e. The summed E-state index contributed by atoms with van der Waals surface area (Å²) in [6.07, 6.45) is 7.14. The summed E-state index contributed by atoms with van der Waals surface area (Å²) in [5, 5.41) is 3.50. The Balaban J connectivity index is 1.52. The van der Waals surface area contributed by atoms with Crippen molar-refractivity contribution in [1.82, 2.24) is 15.2 Å². The van der Waals surface area contributed by atoms with Crippen LogP contribution in [0.3, 0.4) is 0 Å². The average molecular weight is 344 g/mol. The summed E-state index contributed by atoms with van der Waals surface area (Å²) < 4.78 is 0. The molecule has 0 aromatic carbocycles. The van der Waals surface area contributed by atoms with Gasteiger partial charge in [-0.25, -0.2) is 4.98 Å². The predicted octanol–water partition coefficient (Wildman–Crippen LogP) is 3.13. The number of nitrogens with zero attached hydrogens (tertiary/aromatic N) is 4. The molecule has 138 valence electrons. The zero-order valence-electron chi connectivity index (χ0n) is 16.0. The van der Waals surface area contributed by atoms with Crippen LogP contribution in [0, 0.1) is 11.8 Å². The molecule has 0 amide bonds. The first kappa shape index (κ1) is 18.0. The van der Waals surface area contributed by atoms with E-state index in [2.05, 4.69) is 51.1 Å². The Kier molecular flexibility index (Phi) is 6.16. The highest BCUT2D eigenvalue weighted by molar-refractivity contribution is 5.80. The molecular formula is C20H33N5. The van der Waals surface area contributed by atoms with Crippen molar-refractivity contribution in [3.05, 3.63) is 23.9 Å². The van der Waals surface area contributed by atoms with E-state index in [4.69, 9.17) is 0 Å². The van der Waals surface area contributed by atoms with Crippen LogP contribution in [0.2, 0.25) is 0 Å². The van der Waals surface area contributed by atoms with Gasteiger partial charge in [0.25, 0.3) is 0 Å². The lowest BCUT2D eigenvalue weighted by atomic mass is 9.99. The monoisotopic (exact) mass is 343 g/mol. The lowest BCUT2D eigenvalue weighted by Crippen LogP contribution is -2.45. The maximum Gasteiger partial charge on any atom is 0.193 e. The van der Waals surface area contributed by atoms with Crippen LogP contribution in [0.15, 0.2) is 23.3 Å². The average Bonchev–Trinajstić information content (AvgIpc) is 2.64. The van der Waals surface area contributed by atoms with Crippen molar-refractivity contribution < 1.29 is 0 Å². The molecule has 1 aromatic rings. The molecule has 2 saturated heterocycles. The van der Waals surface area contributed by atoms with Crippen molar-refractivity contribution in [2.24, 2.45) is 16.8 Å². The van der Waals surface area contributed by atoms with Gasteiger partial charge in [0.2, 0.25) is 0 Å². The second kappa shape index (κ2) is 8.54. The Labute approximate surface area is 152 Å². The number of piperidine rings is 2. The molecule has 25 heavy (non-hydrogen) atoms. The number of aliphatic imine (C=N–C) groups is 1. The highest BCUT2D eigenvalue weighted by Gasteiger charge is 2.19. The summed E-state index contributed by atoms with van der Waals surface area (Å²) in [7, 11) is 1.88. The van der Waals surface area contributed by atoms with Crippen molar-refractivity contribution in [3.8, 4) is 0 Å². The SMILES string of the molecule is CN=C(NCc1ccc(N2CCC(C)CC2)nc1)N1CCCC(C)C1. The van der Waals surface area contributed by atoms with Crippen LogP contribution in [0.4, 0.5) is 5.82 Å². The van der Waals surface area contributed by atoms with Crippen LogP contribution >= 0.6 is 0 Å². The molecule has 0 saturated carbocycles. The predicted molar refractivity (Wildman–Crippen MR) is 105 cm³/mol. The van der Waals surface area contributed by atoms with E-state index in [0.29, 0.717) is 0 Å². The maximum absolute atomic E-state index is 4.69. The van der Waals surface area contributed by atoms with Gasteiger partial charge in [0.05, 0.1) is 0 Å². The largest absolute Gasteiger partial charge is 0.357 e. The minimum atomic E-state index is 0.750. The minimum absolute atomic E-state index is 0.750. The molecule has 5 heteroatoms. The van der Waals surface area contributed by atoms with Crippen LogP contribution in [0.5, 0.6) is 0 Å². The number of nitrogens with one attached hydrogen (secondary N) is 1. The molecule has 0 aliphatic carbocycles. The van der Waals surface area contributed by atoms with Crippen LogP contribution in [0.1, 0.15) is 45.1 Å². The van der Waals surface area contributed by atoms with Crippen molar-refractivity contribution in [2.45, 2.75) is 46.1 Å². The van der Waals surface area contributed by atoms with Gasteiger partial charge in [0.1, 0.15) is 5.82 Å². The van der Waals surface area contributed by atoms with E-state index in [9.17, 15) is 0 Å². The smallest absolute Gasteiger partial charge is 0.193 e. The van der Waals surface area contributed by atoms with Gasteiger partial charge in [0, 0.05) is 46.0 Å². The highest BCUT2D eigenvalue weighted by atomic mass is 15.3. The lowest BCUT2D eigenvalue weighted by Gasteiger charge is -2.33. The van der Waals surface area contributed by atoms with Crippen molar-refractivity contribution in [3.63, 3.8) is 0 Å². The first-order chi connectivity index (χ1) is 12.2. The van der Waals surface area contributed by atoms with E-state index in [-0.39, 0.29) is 0 Å². The summed E-state index contributed by atoms with van der Waals surface area (Å²) in [4.78, 5) is 13.9. The molecule has 0 bridgehead atoms. The zero-order chi connectivity index (χ0) is 17.6. The summed E-state index contributed by atoms with van der Waals surface area (Å²) in [5.74, 6) is 3.73. The molecule has 2 aliphatic rings. The van der Waals surface area contributed by atoms with Gasteiger partial charge in [-0.3, -0.25) is 4.99 Å². The van der Waals surface area contributed by atoms with E-state index in [1.54, 1.807) is 0 Å². The van der Waals surface area contributed by atoms with E-state index in [0.717, 1.165) is 56.3 Å². The van der Waals surface area contributed by atoms with Crippen LogP contribution in [-0.2, 0) is 6.54 Å². The number of guanidine groups is 1. The van der Waals surface area contributed by atoms with Crippen LogP contribution in [0.25, 0.3) is 0 Å². The second-order valence-corrected chi connectivity index (χ2v) is 7.79. The Morgan fingerprint density at radius 3 is 2.60 bits per heavy atom. The number of pyridine rings is 1. The summed E-state index contributed by atoms with van der Waals surface area (Å²) in [6.45, 7) is 9.91. The first-order valence-electron chi connectivity index (χ1n) is 9.81. The Morgan fingerprint density at radius 2 is 1.96 bits per heavy atom. The van der Waals surface area contributed by atoms with E-state index < -0.39 is 0 Å². The molecule has 5 nitrogen and oxygen atoms in total. The quantitative estimate of drug-likeness (QED) is 0.676. The van der Waals surface area contributed by atoms with Crippen molar-refractivity contribution in [1.29, 1.82) is 0 Å². The van der Waals surface area contributed by atoms with Crippen molar-refractivity contribution >= 4 is 11.8 Å². The molecule has 2 fully saturated rings. The third kappa shape index (κ3) is 4.86. The van der Waals surface area contributed by atoms with Gasteiger partial charge >= 0.3 is 0 Å². The molecule has 1 aromatic heterocycles. The maximum atomic E-state index is 4.69. The fourth-order valence-corrected chi connectivity index (χ4v) is 3.84. The van der Waals surface area contributed by atoms with Crippen LogP contribution in [-0.4, -0.2) is 49.1 Å². The molecule has 3 rings (SSSR count). The van der Waals surface area contributed by atoms with Gasteiger partial charge in [0.15, 0.2) is 5.96 Å². The van der Waals surface area contributed by atoms with E-state index >= 15 is 0 Å². The van der Waals surface area contributed by atoms with E-state index in [1.165, 1.54) is 31.2 Å². The normalized spacial score (nSPS) is 23.0. The molecule has 1 atom stereocenters. The fourth-order valence-electron chi connectivity index (χ4n) is 3.84. The van der Waals surface area contributed by atoms with Gasteiger partial charge in [-0.15, -0.1) is 0 Å². The molecule has 1 unspecified atom stereocenters. The second-order valence-electron chi connectivity index (χ2n) is 7.79. The standard InChI is InChI=1S/C20H33N5/c1-16-8-11-24(12-9-16)19-7-6-18(13-22-19)14-23-20(21-3)25-10-4-5-17(2)15-25/h6-7,13,16-17H,4-5,8-12,14-15H2,1-3H3,(H,21,23). The Morgan fingerprint density at radius 1 is 1.16 bits per heavy atom. The molecule has 1 N–H and O–H groups in total. The first-order valence-corrected chi connectivity index (χ1v) is 9.81. The highest BCUT2D eigenvalue weighted by Crippen LogP contribution is 2.21. The van der Waals surface area contributed by atoms with E-state index in [1.807, 2.05) is 13.2 Å². The summed E-state index contributed by atoms with van der Waals surface area (Å²) >= 11 is 0. The summed E-state index contributed by atoms with van der Waals surface area (Å²) in [6, 6.07) is 4.36. The Bertz CT molecular complexity index is 560. The fraction of sp³-hybridized carbons (Fsp3) is 0.700. The third-order valence-electron chi connectivity index (χ3n) is 5.54. The van der Waals surface area contributed by atoms with Crippen molar-refractivity contribution in [2.75, 3.05) is 38.1 Å². The lowest BCUT2D eigenvalue weighted by molar-refractivity contribution is 0.266. The van der Waals surface area contributed by atoms with Gasteiger partial charge in [-0.2, -0.15) is 0 Å². The van der Waals surface area contributed by atoms with Gasteiger partial charge in [-0.05, 0) is 49.1 Å². The number of likely N-dealkylation sites (tertiary alicyclic amines) is 1. The topological polar surface area (TPSA) is 43.8 Å².